The molecule has 0 heterocycles. The zero-order valence-corrected chi connectivity index (χ0v) is 11.1. The van der Waals surface area contributed by atoms with E-state index in [2.05, 4.69) is 0 Å². The first kappa shape index (κ1) is 15.5. The summed E-state index contributed by atoms with van der Waals surface area (Å²) in [7, 11) is 0. The molecule has 1 aromatic carbocycles. The molecule has 0 aromatic heterocycles. The van der Waals surface area contributed by atoms with E-state index >= 15 is 0 Å². The Balaban J connectivity index is 0. The molecule has 0 aliphatic carbocycles. The number of hydrogen-bond donors (Lipinski definition) is 0. The second-order valence-electron chi connectivity index (χ2n) is 1.65. The predicted octanol–water partition coefficient (Wildman–Crippen LogP) is -3.16. The topological polar surface area (TPSA) is 9.23 Å². The van der Waals surface area contributed by atoms with Gasteiger partial charge in [-0.1, -0.05) is 0 Å². The van der Waals surface area contributed by atoms with Crippen LogP contribution < -0.4 is 27.6 Å². The molecule has 0 aliphatic rings. The van der Waals surface area contributed by atoms with E-state index in [0.29, 0.717) is 15.8 Å². The second-order valence-corrected chi connectivity index (χ2v) is 2.94. The van der Waals surface area contributed by atoms with Gasteiger partial charge in [-0.2, -0.15) is 0 Å². The van der Waals surface area contributed by atoms with Crippen LogP contribution in [-0.4, -0.2) is 0 Å². The van der Waals surface area contributed by atoms with Crippen LogP contribution in [0, 0.1) is 0 Å². The Morgan fingerprint density at radius 1 is 1.17 bits per heavy atom. The Bertz CT molecular complexity index is 243. The molecule has 0 fully saturated rings. The minimum Gasteiger partial charge on any atom is -1.00 e. The molecule has 12 heavy (non-hydrogen) atoms. The molecule has 6 heteroatoms. The summed E-state index contributed by atoms with van der Waals surface area (Å²) in [4.78, 5) is 0. The molecular formula is C6H3Cl4OZr. The molecule has 1 nitrogen and oxygen atoms in total. The third kappa shape index (κ3) is 3.85. The zero-order chi connectivity index (χ0) is 7.56. The standard InChI is InChI=1S/C6H4Cl2O.2ClH.Zr/c7-4-2-1-3-5(9)6(4)8;;;/h1-3,9H;2*1H;/q;;;+3/p-3. The average Bonchev–Trinajstić information content (AvgIpc) is 1.95. The summed E-state index contributed by atoms with van der Waals surface area (Å²) in [6, 6.07) is 5.30. The van der Waals surface area contributed by atoms with Crippen molar-refractivity contribution in [3.8, 4) is 5.75 Å². The quantitative estimate of drug-likeness (QED) is 0.530. The van der Waals surface area contributed by atoms with E-state index in [-0.39, 0.29) is 24.8 Å². The van der Waals surface area contributed by atoms with E-state index in [1.165, 1.54) is 0 Å². The first-order valence-corrected chi connectivity index (χ1v) is 4.29. The Morgan fingerprint density at radius 3 is 2.17 bits per heavy atom. The zero-order valence-electron chi connectivity index (χ0n) is 5.65. The normalized spacial score (nSPS) is 8.00. The molecule has 0 radical (unpaired) electrons. The van der Waals surface area contributed by atoms with Crippen LogP contribution in [0.2, 0.25) is 10.0 Å². The fraction of sp³-hybridized carbons (Fsp3) is 0. The van der Waals surface area contributed by atoms with Crippen molar-refractivity contribution in [1.29, 1.82) is 0 Å². The van der Waals surface area contributed by atoms with Crippen LogP contribution in [0.4, 0.5) is 0 Å². The molecule has 0 atom stereocenters. The maximum atomic E-state index is 5.75. The number of rotatable bonds is 1. The Morgan fingerprint density at radius 2 is 1.75 bits per heavy atom. The fourth-order valence-corrected chi connectivity index (χ4v) is 1.47. The molecule has 65 valence electrons. The average molecular weight is 324 g/mol. The van der Waals surface area contributed by atoms with Gasteiger partial charge in [-0.05, 0) is 0 Å². The minimum absolute atomic E-state index is 0. The van der Waals surface area contributed by atoms with Crippen LogP contribution in [0.3, 0.4) is 0 Å². The van der Waals surface area contributed by atoms with Gasteiger partial charge in [-0.25, -0.2) is 0 Å². The van der Waals surface area contributed by atoms with Crippen molar-refractivity contribution in [2.24, 2.45) is 0 Å². The Kier molecular flexibility index (Phi) is 9.66. The molecule has 0 saturated heterocycles. The van der Waals surface area contributed by atoms with E-state index in [1.54, 1.807) is 18.2 Å². The fourth-order valence-electron chi connectivity index (χ4n) is 0.563. The largest absolute Gasteiger partial charge is 1.00 e. The molecule has 0 aliphatic heterocycles. The van der Waals surface area contributed by atoms with Gasteiger partial charge in [0, 0.05) is 0 Å². The minimum atomic E-state index is 0. The summed E-state index contributed by atoms with van der Waals surface area (Å²) in [5.74, 6) is 0.646. The van der Waals surface area contributed by atoms with Crippen LogP contribution in [0.5, 0.6) is 5.75 Å². The summed E-state index contributed by atoms with van der Waals surface area (Å²) in [6.07, 6.45) is 0. The first-order chi connectivity index (χ1) is 4.75. The van der Waals surface area contributed by atoms with Gasteiger partial charge in [0.2, 0.25) is 0 Å². The van der Waals surface area contributed by atoms with Gasteiger partial charge in [-0.3, -0.25) is 0 Å². The molecule has 0 saturated carbocycles. The van der Waals surface area contributed by atoms with Gasteiger partial charge < -0.3 is 24.8 Å². The van der Waals surface area contributed by atoms with Crippen molar-refractivity contribution in [2.45, 2.75) is 0 Å². The van der Waals surface area contributed by atoms with Crippen molar-refractivity contribution in [3.05, 3.63) is 28.2 Å². The summed E-state index contributed by atoms with van der Waals surface area (Å²) in [5.41, 5.74) is 0. The molecule has 0 unspecified atom stereocenters. The maximum absolute atomic E-state index is 5.75. The summed E-state index contributed by atoms with van der Waals surface area (Å²) in [5, 5.41) is 1.02. The van der Waals surface area contributed by atoms with Crippen LogP contribution >= 0.6 is 23.2 Å². The van der Waals surface area contributed by atoms with Gasteiger partial charge in [0.1, 0.15) is 0 Å². The molecule has 1 rings (SSSR count). The van der Waals surface area contributed by atoms with Crippen LogP contribution in [0.15, 0.2) is 18.2 Å². The maximum Gasteiger partial charge on any atom is -1.00 e. The Labute approximate surface area is 109 Å². The van der Waals surface area contributed by atoms with Crippen molar-refractivity contribution in [1.82, 2.24) is 0 Å². The molecular weight excluding hydrogens is 321 g/mol. The van der Waals surface area contributed by atoms with E-state index in [0.717, 1.165) is 25.2 Å². The second kappa shape index (κ2) is 7.47. The van der Waals surface area contributed by atoms with Crippen molar-refractivity contribution in [2.75, 3.05) is 0 Å². The number of halogens is 4. The number of hydrogen-bond acceptors (Lipinski definition) is 1. The van der Waals surface area contributed by atoms with Gasteiger partial charge in [0.25, 0.3) is 0 Å². The molecule has 1 aromatic rings. The summed E-state index contributed by atoms with van der Waals surface area (Å²) < 4.78 is 5.00. The van der Waals surface area contributed by atoms with Gasteiger partial charge in [0.05, 0.1) is 0 Å². The third-order valence-corrected chi connectivity index (χ3v) is 2.37. The summed E-state index contributed by atoms with van der Waals surface area (Å²) >= 11 is 12.4. The van der Waals surface area contributed by atoms with Gasteiger partial charge >= 0.3 is 85.2 Å². The predicted molar refractivity (Wildman–Crippen MR) is 37.1 cm³/mol. The monoisotopic (exact) mass is 321 g/mol. The van der Waals surface area contributed by atoms with Crippen LogP contribution in [-0.2, 0) is 25.2 Å². The van der Waals surface area contributed by atoms with Crippen molar-refractivity contribution < 1.29 is 52.8 Å². The van der Waals surface area contributed by atoms with E-state index in [4.69, 9.17) is 26.0 Å². The van der Waals surface area contributed by atoms with Crippen molar-refractivity contribution in [3.63, 3.8) is 0 Å². The van der Waals surface area contributed by atoms with Crippen LogP contribution in [0.25, 0.3) is 0 Å². The molecule has 0 N–H and O–H groups in total. The molecule has 0 spiro atoms. The van der Waals surface area contributed by atoms with Crippen LogP contribution in [0.1, 0.15) is 0 Å². The Hall–Kier alpha value is 1.06. The number of benzene rings is 1. The van der Waals surface area contributed by atoms with Crippen molar-refractivity contribution >= 4 is 23.2 Å². The van der Waals surface area contributed by atoms with Gasteiger partial charge in [-0.15, -0.1) is 0 Å². The van der Waals surface area contributed by atoms with E-state index < -0.39 is 0 Å². The SMILES string of the molecule is Clc1cccc([O][Zr+2])c1Cl.[Cl-].[Cl-]. The first-order valence-electron chi connectivity index (χ1n) is 2.53. The smallest absolute Gasteiger partial charge is 1.00 e. The van der Waals surface area contributed by atoms with E-state index in [9.17, 15) is 0 Å². The van der Waals surface area contributed by atoms with Gasteiger partial charge in [0.15, 0.2) is 0 Å². The van der Waals surface area contributed by atoms with E-state index in [1.807, 2.05) is 0 Å². The summed E-state index contributed by atoms with van der Waals surface area (Å²) in [6.45, 7) is 0. The molecule has 0 bridgehead atoms. The molecule has 0 amide bonds. The third-order valence-electron chi connectivity index (χ3n) is 1.03.